The van der Waals surface area contributed by atoms with Gasteiger partial charge in [0.2, 0.25) is 0 Å². The third-order valence-corrected chi connectivity index (χ3v) is 7.13. The van der Waals surface area contributed by atoms with Crippen molar-refractivity contribution >= 4 is 5.91 Å². The number of aliphatic hydroxyl groups is 1. The molecule has 2 aromatic carbocycles. The minimum Gasteiger partial charge on any atom is -0.390 e. The first kappa shape index (κ1) is 22.0. The summed E-state index contributed by atoms with van der Waals surface area (Å²) in [6.07, 6.45) is 5.77. The van der Waals surface area contributed by atoms with Crippen molar-refractivity contribution in [2.45, 2.75) is 51.0 Å². The molecular weight excluding hydrogens is 384 g/mol. The molecule has 4 rings (SSSR count). The van der Waals surface area contributed by atoms with Gasteiger partial charge in [-0.15, -0.1) is 0 Å². The van der Waals surface area contributed by atoms with Crippen LogP contribution in [0.1, 0.15) is 53.6 Å². The molecule has 0 unspecified atom stereocenters. The van der Waals surface area contributed by atoms with Crippen molar-refractivity contribution in [2.24, 2.45) is 5.92 Å². The average Bonchev–Trinajstić information content (AvgIpc) is 3.25. The lowest BCUT2D eigenvalue weighted by Crippen LogP contribution is -2.46. The summed E-state index contributed by atoms with van der Waals surface area (Å²) in [5.74, 6) is 0.701. The van der Waals surface area contributed by atoms with Gasteiger partial charge in [0, 0.05) is 38.3 Å². The molecule has 1 amide bonds. The Balaban J connectivity index is 1.18. The summed E-state index contributed by atoms with van der Waals surface area (Å²) < 4.78 is 0. The maximum Gasteiger partial charge on any atom is 0.253 e. The molecule has 31 heavy (non-hydrogen) atoms. The van der Waals surface area contributed by atoms with E-state index in [-0.39, 0.29) is 5.91 Å². The number of amides is 1. The molecule has 4 nitrogen and oxygen atoms in total. The molecule has 2 fully saturated rings. The number of piperidine rings is 1. The second-order valence-corrected chi connectivity index (χ2v) is 9.64. The molecule has 2 heterocycles. The molecule has 2 aliphatic heterocycles. The molecule has 1 N–H and O–H groups in total. The van der Waals surface area contributed by atoms with Crippen LogP contribution in [0.5, 0.6) is 0 Å². The number of benzene rings is 2. The fourth-order valence-electron chi connectivity index (χ4n) is 5.08. The largest absolute Gasteiger partial charge is 0.390 e. The number of aryl methyl sites for hydroxylation is 2. The van der Waals surface area contributed by atoms with E-state index in [2.05, 4.69) is 35.2 Å². The van der Waals surface area contributed by atoms with Crippen LogP contribution in [0.4, 0.5) is 0 Å². The first-order valence-corrected chi connectivity index (χ1v) is 11.9. The van der Waals surface area contributed by atoms with E-state index in [1.54, 1.807) is 0 Å². The summed E-state index contributed by atoms with van der Waals surface area (Å²) in [5.41, 5.74) is 2.83. The van der Waals surface area contributed by atoms with E-state index in [4.69, 9.17) is 0 Å². The van der Waals surface area contributed by atoms with Crippen LogP contribution in [0.2, 0.25) is 0 Å². The van der Waals surface area contributed by atoms with E-state index < -0.39 is 5.60 Å². The third kappa shape index (κ3) is 5.96. The summed E-state index contributed by atoms with van der Waals surface area (Å²) in [6.45, 7) is 6.72. The quantitative estimate of drug-likeness (QED) is 0.726. The fraction of sp³-hybridized carbons (Fsp3) is 0.519. The Morgan fingerprint density at radius 2 is 1.74 bits per heavy atom. The molecule has 0 bridgehead atoms. The number of likely N-dealkylation sites (tertiary alicyclic amines) is 2. The Bertz CT molecular complexity index is 841. The normalized spacial score (nSPS) is 21.4. The monoisotopic (exact) mass is 420 g/mol. The van der Waals surface area contributed by atoms with Crippen molar-refractivity contribution in [3.05, 3.63) is 71.3 Å². The summed E-state index contributed by atoms with van der Waals surface area (Å²) in [6, 6.07) is 18.5. The molecule has 0 saturated carbocycles. The van der Waals surface area contributed by atoms with Crippen LogP contribution >= 0.6 is 0 Å². The summed E-state index contributed by atoms with van der Waals surface area (Å²) in [4.78, 5) is 17.3. The van der Waals surface area contributed by atoms with Crippen LogP contribution in [0.15, 0.2) is 54.6 Å². The van der Waals surface area contributed by atoms with Gasteiger partial charge in [-0.3, -0.25) is 4.79 Å². The highest BCUT2D eigenvalue weighted by atomic mass is 16.3. The zero-order chi connectivity index (χ0) is 21.7. The Morgan fingerprint density at radius 3 is 2.45 bits per heavy atom. The van der Waals surface area contributed by atoms with Crippen molar-refractivity contribution in [3.8, 4) is 0 Å². The van der Waals surface area contributed by atoms with E-state index in [9.17, 15) is 9.90 Å². The molecule has 2 saturated heterocycles. The number of hydrogen-bond donors (Lipinski definition) is 1. The maximum atomic E-state index is 12.8. The number of hydrogen-bond acceptors (Lipinski definition) is 3. The Hall–Kier alpha value is -2.17. The van der Waals surface area contributed by atoms with Crippen LogP contribution in [-0.4, -0.2) is 59.1 Å². The predicted molar refractivity (Wildman–Crippen MR) is 125 cm³/mol. The number of carbonyl (C=O) groups is 1. The molecule has 2 aromatic rings. The van der Waals surface area contributed by atoms with Gasteiger partial charge in [0.05, 0.1) is 5.60 Å². The van der Waals surface area contributed by atoms with Gasteiger partial charge < -0.3 is 14.9 Å². The Labute approximate surface area is 186 Å². The highest BCUT2D eigenvalue weighted by Gasteiger charge is 2.34. The summed E-state index contributed by atoms with van der Waals surface area (Å²) in [5, 5.41) is 11.0. The molecule has 1 atom stereocenters. The van der Waals surface area contributed by atoms with Gasteiger partial charge in [-0.1, -0.05) is 48.0 Å². The molecule has 0 aliphatic carbocycles. The summed E-state index contributed by atoms with van der Waals surface area (Å²) in [7, 11) is 0. The highest BCUT2D eigenvalue weighted by molar-refractivity contribution is 5.94. The zero-order valence-corrected chi connectivity index (χ0v) is 18.8. The van der Waals surface area contributed by atoms with E-state index in [0.29, 0.717) is 5.92 Å². The minimum absolute atomic E-state index is 0.161. The second-order valence-electron chi connectivity index (χ2n) is 9.64. The van der Waals surface area contributed by atoms with Crippen LogP contribution in [0, 0.1) is 12.8 Å². The molecule has 0 aromatic heterocycles. The first-order chi connectivity index (χ1) is 15.0. The summed E-state index contributed by atoms with van der Waals surface area (Å²) >= 11 is 0. The lowest BCUT2D eigenvalue weighted by atomic mass is 9.85. The predicted octanol–water partition coefficient (Wildman–Crippen LogP) is 4.31. The van der Waals surface area contributed by atoms with Crippen LogP contribution in [0.3, 0.4) is 0 Å². The molecule has 166 valence electrons. The SMILES string of the molecule is Cc1ccc(C(=O)N2CC[C@H](CN3CCC(O)(CCCc4ccccc4)CC3)C2)cc1. The second kappa shape index (κ2) is 9.97. The van der Waals surface area contributed by atoms with E-state index in [1.807, 2.05) is 36.1 Å². The zero-order valence-electron chi connectivity index (χ0n) is 18.8. The Morgan fingerprint density at radius 1 is 1.03 bits per heavy atom. The van der Waals surface area contributed by atoms with Crippen molar-refractivity contribution in [1.82, 2.24) is 9.80 Å². The lowest BCUT2D eigenvalue weighted by molar-refractivity contribution is -0.0312. The van der Waals surface area contributed by atoms with Crippen LogP contribution < -0.4 is 0 Å². The fourth-order valence-corrected chi connectivity index (χ4v) is 5.08. The van der Waals surface area contributed by atoms with E-state index >= 15 is 0 Å². The van der Waals surface area contributed by atoms with Gasteiger partial charge >= 0.3 is 0 Å². The average molecular weight is 421 g/mol. The third-order valence-electron chi connectivity index (χ3n) is 7.13. The van der Waals surface area contributed by atoms with Gasteiger partial charge in [0.1, 0.15) is 0 Å². The molecule has 0 radical (unpaired) electrons. The van der Waals surface area contributed by atoms with Gasteiger partial charge in [0.15, 0.2) is 0 Å². The topological polar surface area (TPSA) is 43.8 Å². The van der Waals surface area contributed by atoms with Gasteiger partial charge in [0.25, 0.3) is 5.91 Å². The molecule has 0 spiro atoms. The smallest absolute Gasteiger partial charge is 0.253 e. The van der Waals surface area contributed by atoms with Crippen LogP contribution in [-0.2, 0) is 6.42 Å². The van der Waals surface area contributed by atoms with Crippen molar-refractivity contribution in [1.29, 1.82) is 0 Å². The number of carbonyl (C=O) groups excluding carboxylic acids is 1. The highest BCUT2D eigenvalue weighted by Crippen LogP contribution is 2.29. The molecule has 2 aliphatic rings. The van der Waals surface area contributed by atoms with E-state index in [1.165, 1.54) is 11.1 Å². The molecular formula is C27H36N2O2. The first-order valence-electron chi connectivity index (χ1n) is 11.9. The van der Waals surface area contributed by atoms with Gasteiger partial charge in [-0.05, 0) is 69.1 Å². The molecule has 4 heteroatoms. The van der Waals surface area contributed by atoms with Gasteiger partial charge in [-0.25, -0.2) is 0 Å². The number of rotatable bonds is 7. The maximum absolute atomic E-state index is 12.8. The minimum atomic E-state index is -0.506. The van der Waals surface area contributed by atoms with Crippen molar-refractivity contribution in [3.63, 3.8) is 0 Å². The number of nitrogens with zero attached hydrogens (tertiary/aromatic N) is 2. The van der Waals surface area contributed by atoms with E-state index in [0.717, 1.165) is 76.8 Å². The van der Waals surface area contributed by atoms with Crippen molar-refractivity contribution in [2.75, 3.05) is 32.7 Å². The standard InChI is InChI=1S/C27H36N2O2/c1-22-9-11-25(12-10-22)26(30)29-17-13-24(21-29)20-28-18-15-27(31,16-19-28)14-5-8-23-6-3-2-4-7-23/h2-4,6-7,9-12,24,31H,5,8,13-21H2,1H3/t24-/m1/s1. The van der Waals surface area contributed by atoms with Gasteiger partial charge in [-0.2, -0.15) is 0 Å². The van der Waals surface area contributed by atoms with Crippen molar-refractivity contribution < 1.29 is 9.90 Å². The lowest BCUT2D eigenvalue weighted by Gasteiger charge is -2.39. The Kier molecular flexibility index (Phi) is 7.09. The van der Waals surface area contributed by atoms with Crippen LogP contribution in [0.25, 0.3) is 0 Å².